The smallest absolute Gasteiger partial charge is 0.308 e. The molecule has 2 aromatic rings. The molecule has 3 nitrogen and oxygen atoms in total. The summed E-state index contributed by atoms with van der Waals surface area (Å²) in [4.78, 5) is 13.9. The minimum atomic E-state index is -0.708. The monoisotopic (exact) mass is 359 g/mol. The molecule has 0 aromatic heterocycles. The topological polar surface area (TPSA) is 40.5 Å². The van der Waals surface area contributed by atoms with Gasteiger partial charge in [-0.05, 0) is 23.3 Å². The van der Waals surface area contributed by atoms with Gasteiger partial charge in [-0.15, -0.1) is 0 Å². The van der Waals surface area contributed by atoms with E-state index in [1.807, 2.05) is 42.5 Å². The fourth-order valence-electron chi connectivity index (χ4n) is 3.18. The fourth-order valence-corrected chi connectivity index (χ4v) is 3.60. The van der Waals surface area contributed by atoms with Gasteiger partial charge in [0.25, 0.3) is 0 Å². The minimum absolute atomic E-state index is 0.0405. The van der Waals surface area contributed by atoms with Crippen molar-refractivity contribution in [2.45, 2.75) is 12.5 Å². The van der Waals surface area contributed by atoms with Crippen LogP contribution in [0.15, 0.2) is 59.1 Å². The molecule has 114 valence electrons. The van der Waals surface area contributed by atoms with E-state index in [1.165, 1.54) is 5.56 Å². The van der Waals surface area contributed by atoms with E-state index >= 15 is 0 Å². The van der Waals surface area contributed by atoms with E-state index in [0.29, 0.717) is 6.54 Å². The Hall–Kier alpha value is -1.65. The minimum Gasteiger partial charge on any atom is -0.481 e. The summed E-state index contributed by atoms with van der Waals surface area (Å²) in [6.07, 6.45) is 0. The number of halogens is 1. The van der Waals surface area contributed by atoms with Gasteiger partial charge in [-0.1, -0.05) is 58.4 Å². The third-order valence-electron chi connectivity index (χ3n) is 4.24. The first-order valence-electron chi connectivity index (χ1n) is 7.38. The maximum absolute atomic E-state index is 11.6. The summed E-state index contributed by atoms with van der Waals surface area (Å²) >= 11 is 3.47. The number of nitrogens with zero attached hydrogens (tertiary/aromatic N) is 1. The zero-order valence-corrected chi connectivity index (χ0v) is 13.7. The molecule has 2 unspecified atom stereocenters. The van der Waals surface area contributed by atoms with E-state index in [-0.39, 0.29) is 11.8 Å². The van der Waals surface area contributed by atoms with Crippen LogP contribution in [0.5, 0.6) is 0 Å². The quantitative estimate of drug-likeness (QED) is 0.903. The first kappa shape index (κ1) is 15.3. The van der Waals surface area contributed by atoms with E-state index in [2.05, 4.69) is 33.0 Å². The van der Waals surface area contributed by atoms with Gasteiger partial charge in [-0.2, -0.15) is 0 Å². The molecule has 2 aromatic carbocycles. The lowest BCUT2D eigenvalue weighted by atomic mass is 9.89. The Labute approximate surface area is 138 Å². The van der Waals surface area contributed by atoms with Crippen LogP contribution in [0, 0.1) is 5.92 Å². The van der Waals surface area contributed by atoms with Crippen molar-refractivity contribution in [1.82, 2.24) is 4.90 Å². The van der Waals surface area contributed by atoms with Gasteiger partial charge in [-0.3, -0.25) is 9.69 Å². The van der Waals surface area contributed by atoms with Crippen molar-refractivity contribution in [2.75, 3.05) is 13.1 Å². The Bertz CT molecular complexity index is 659. The van der Waals surface area contributed by atoms with Crippen LogP contribution in [0.1, 0.15) is 17.0 Å². The predicted octanol–water partition coefficient (Wildman–Crippen LogP) is 3.75. The number of likely N-dealkylation sites (tertiary alicyclic amines) is 1. The highest BCUT2D eigenvalue weighted by molar-refractivity contribution is 9.10. The number of carboxylic acids is 1. The van der Waals surface area contributed by atoms with Crippen LogP contribution in [0.25, 0.3) is 0 Å². The van der Waals surface area contributed by atoms with Crippen molar-refractivity contribution >= 4 is 21.9 Å². The van der Waals surface area contributed by atoms with Crippen molar-refractivity contribution in [3.8, 4) is 0 Å². The van der Waals surface area contributed by atoms with Crippen molar-refractivity contribution in [3.05, 3.63) is 70.2 Å². The van der Waals surface area contributed by atoms with Gasteiger partial charge in [0.2, 0.25) is 0 Å². The number of carbonyl (C=O) groups is 1. The van der Waals surface area contributed by atoms with E-state index in [4.69, 9.17) is 0 Å². The second-order valence-electron chi connectivity index (χ2n) is 5.79. The number of carboxylic acid groups (broad SMARTS) is 1. The van der Waals surface area contributed by atoms with Crippen molar-refractivity contribution in [2.24, 2.45) is 5.92 Å². The van der Waals surface area contributed by atoms with Gasteiger partial charge >= 0.3 is 5.97 Å². The van der Waals surface area contributed by atoms with Gasteiger partial charge in [0.15, 0.2) is 0 Å². The molecule has 0 radical (unpaired) electrons. The Morgan fingerprint density at radius 1 is 1.14 bits per heavy atom. The highest BCUT2D eigenvalue weighted by Crippen LogP contribution is 2.34. The Morgan fingerprint density at radius 2 is 1.91 bits per heavy atom. The van der Waals surface area contributed by atoms with Crippen LogP contribution in [0.3, 0.4) is 0 Å². The number of benzene rings is 2. The van der Waals surface area contributed by atoms with Crippen LogP contribution < -0.4 is 0 Å². The number of aliphatic carboxylic acids is 1. The van der Waals surface area contributed by atoms with E-state index in [0.717, 1.165) is 23.1 Å². The molecule has 0 aliphatic carbocycles. The third-order valence-corrected chi connectivity index (χ3v) is 4.73. The first-order valence-corrected chi connectivity index (χ1v) is 8.17. The summed E-state index contributed by atoms with van der Waals surface area (Å²) < 4.78 is 0.996. The highest BCUT2D eigenvalue weighted by Gasteiger charge is 2.38. The van der Waals surface area contributed by atoms with Gasteiger partial charge in [0.05, 0.1) is 5.92 Å². The van der Waals surface area contributed by atoms with Crippen molar-refractivity contribution in [3.63, 3.8) is 0 Å². The zero-order valence-electron chi connectivity index (χ0n) is 12.2. The first-order chi connectivity index (χ1) is 10.6. The van der Waals surface area contributed by atoms with Gasteiger partial charge in [-0.25, -0.2) is 0 Å². The SMILES string of the molecule is O=C(O)C1CN(Cc2ccccc2)CC1c1cccc(Br)c1. The maximum Gasteiger partial charge on any atom is 0.308 e. The second-order valence-corrected chi connectivity index (χ2v) is 6.70. The standard InChI is InChI=1S/C18H18BrNO2/c19-15-8-4-7-14(9-15)16-11-20(12-17(16)18(21)22)10-13-5-2-1-3-6-13/h1-9,16-17H,10-12H2,(H,21,22). The molecule has 1 fully saturated rings. The largest absolute Gasteiger partial charge is 0.481 e. The summed E-state index contributed by atoms with van der Waals surface area (Å²) in [5.74, 6) is -1.02. The summed E-state index contributed by atoms with van der Waals surface area (Å²) in [6, 6.07) is 18.2. The van der Waals surface area contributed by atoms with E-state index in [9.17, 15) is 9.90 Å². The van der Waals surface area contributed by atoms with E-state index < -0.39 is 5.97 Å². The zero-order chi connectivity index (χ0) is 15.5. The molecular formula is C18H18BrNO2. The molecule has 1 saturated heterocycles. The number of hydrogen-bond donors (Lipinski definition) is 1. The molecule has 2 atom stereocenters. The molecule has 3 rings (SSSR count). The molecule has 0 amide bonds. The summed E-state index contributed by atoms with van der Waals surface area (Å²) in [5, 5.41) is 9.56. The van der Waals surface area contributed by atoms with Crippen LogP contribution >= 0.6 is 15.9 Å². The molecule has 1 aliphatic heterocycles. The summed E-state index contributed by atoms with van der Waals surface area (Å²) in [5.41, 5.74) is 2.32. The van der Waals surface area contributed by atoms with Crippen LogP contribution in [0.4, 0.5) is 0 Å². The molecule has 0 bridgehead atoms. The lowest BCUT2D eigenvalue weighted by Gasteiger charge is -2.16. The van der Waals surface area contributed by atoms with Crippen LogP contribution in [-0.2, 0) is 11.3 Å². The maximum atomic E-state index is 11.6. The summed E-state index contributed by atoms with van der Waals surface area (Å²) in [6.45, 7) is 2.18. The molecule has 22 heavy (non-hydrogen) atoms. The molecule has 1 aliphatic rings. The third kappa shape index (κ3) is 3.39. The van der Waals surface area contributed by atoms with E-state index in [1.54, 1.807) is 0 Å². The number of hydrogen-bond acceptors (Lipinski definition) is 2. The fraction of sp³-hybridized carbons (Fsp3) is 0.278. The average Bonchev–Trinajstić information content (AvgIpc) is 2.92. The number of rotatable bonds is 4. The normalized spacial score (nSPS) is 21.9. The predicted molar refractivity (Wildman–Crippen MR) is 89.7 cm³/mol. The molecule has 4 heteroatoms. The average molecular weight is 360 g/mol. The Balaban J connectivity index is 1.79. The van der Waals surface area contributed by atoms with Gasteiger partial charge in [0.1, 0.15) is 0 Å². The summed E-state index contributed by atoms with van der Waals surface area (Å²) in [7, 11) is 0. The van der Waals surface area contributed by atoms with Crippen LogP contribution in [-0.4, -0.2) is 29.1 Å². The molecule has 0 spiro atoms. The molecular weight excluding hydrogens is 342 g/mol. The lowest BCUT2D eigenvalue weighted by molar-refractivity contribution is -0.141. The van der Waals surface area contributed by atoms with Gasteiger partial charge in [0, 0.05) is 30.0 Å². The molecule has 1 N–H and O–H groups in total. The lowest BCUT2D eigenvalue weighted by Crippen LogP contribution is -2.23. The Kier molecular flexibility index (Phi) is 4.60. The van der Waals surface area contributed by atoms with Gasteiger partial charge < -0.3 is 5.11 Å². The Morgan fingerprint density at radius 3 is 2.59 bits per heavy atom. The van der Waals surface area contributed by atoms with Crippen molar-refractivity contribution < 1.29 is 9.90 Å². The molecule has 1 heterocycles. The van der Waals surface area contributed by atoms with Crippen molar-refractivity contribution in [1.29, 1.82) is 0 Å². The highest BCUT2D eigenvalue weighted by atomic mass is 79.9. The second kappa shape index (κ2) is 6.63. The molecule has 0 saturated carbocycles. The van der Waals surface area contributed by atoms with Crippen LogP contribution in [0.2, 0.25) is 0 Å².